The maximum Gasteiger partial charge on any atom is 0.120 e. The third kappa shape index (κ3) is 2.78. The van der Waals surface area contributed by atoms with Crippen LogP contribution in [0.1, 0.15) is 26.2 Å². The first kappa shape index (κ1) is 9.47. The van der Waals surface area contributed by atoms with Gasteiger partial charge in [0.25, 0.3) is 0 Å². The Morgan fingerprint density at radius 1 is 1.67 bits per heavy atom. The second-order valence-electron chi connectivity index (χ2n) is 3.70. The van der Waals surface area contributed by atoms with Gasteiger partial charge in [0.15, 0.2) is 0 Å². The quantitative estimate of drug-likeness (QED) is 0.631. The van der Waals surface area contributed by atoms with Gasteiger partial charge in [-0.2, -0.15) is 5.26 Å². The van der Waals surface area contributed by atoms with Gasteiger partial charge >= 0.3 is 0 Å². The first-order valence-corrected chi connectivity index (χ1v) is 4.42. The molecule has 1 unspecified atom stereocenters. The maximum atomic E-state index is 13.4. The van der Waals surface area contributed by atoms with Crippen molar-refractivity contribution in [1.82, 2.24) is 4.90 Å². The molecule has 68 valence electrons. The van der Waals surface area contributed by atoms with E-state index < -0.39 is 5.67 Å². The molecule has 0 bridgehead atoms. The number of halogens is 1. The number of hydrogen-bond donors (Lipinski definition) is 0. The van der Waals surface area contributed by atoms with Gasteiger partial charge in [-0.25, -0.2) is 4.39 Å². The minimum atomic E-state index is -1.03. The molecule has 0 aliphatic carbocycles. The third-order valence-corrected chi connectivity index (χ3v) is 2.27. The van der Waals surface area contributed by atoms with Crippen LogP contribution < -0.4 is 0 Å². The second kappa shape index (κ2) is 3.86. The zero-order chi connectivity index (χ0) is 9.03. The maximum absolute atomic E-state index is 13.4. The first-order valence-electron chi connectivity index (χ1n) is 4.42. The average Bonchev–Trinajstić information content (AvgIpc) is 1.99. The van der Waals surface area contributed by atoms with Crippen LogP contribution in [0.15, 0.2) is 0 Å². The Labute approximate surface area is 73.0 Å². The van der Waals surface area contributed by atoms with E-state index in [1.165, 1.54) is 0 Å². The molecule has 0 aromatic carbocycles. The molecule has 0 aromatic rings. The van der Waals surface area contributed by atoms with E-state index in [1.807, 2.05) is 4.90 Å². The zero-order valence-electron chi connectivity index (χ0n) is 7.52. The minimum Gasteiger partial charge on any atom is -0.299 e. The minimum absolute atomic E-state index is 0.495. The Balaban J connectivity index is 2.32. The average molecular weight is 170 g/mol. The standard InChI is InChI=1S/C9H15FN2/c1-9(10)4-2-6-12(8-9)7-3-5-11/h2-4,6-8H2,1H3. The van der Waals surface area contributed by atoms with Gasteiger partial charge in [0.2, 0.25) is 0 Å². The lowest BCUT2D eigenvalue weighted by Gasteiger charge is -2.34. The van der Waals surface area contributed by atoms with Crippen LogP contribution in [0.4, 0.5) is 4.39 Å². The molecule has 0 amide bonds. The van der Waals surface area contributed by atoms with Crippen LogP contribution in [0.5, 0.6) is 0 Å². The van der Waals surface area contributed by atoms with Gasteiger partial charge in [0.05, 0.1) is 6.07 Å². The van der Waals surface area contributed by atoms with Crippen molar-refractivity contribution in [3.8, 4) is 6.07 Å². The van der Waals surface area contributed by atoms with E-state index in [-0.39, 0.29) is 0 Å². The molecule has 1 heterocycles. The molecule has 3 heteroatoms. The molecular formula is C9H15FN2. The number of likely N-dealkylation sites (tertiary alicyclic amines) is 1. The molecule has 1 aliphatic heterocycles. The fraction of sp³-hybridized carbons (Fsp3) is 0.889. The van der Waals surface area contributed by atoms with Crippen LogP contribution in [0.3, 0.4) is 0 Å². The highest BCUT2D eigenvalue weighted by atomic mass is 19.1. The smallest absolute Gasteiger partial charge is 0.120 e. The lowest BCUT2D eigenvalue weighted by Crippen LogP contribution is -2.43. The van der Waals surface area contributed by atoms with E-state index >= 15 is 0 Å². The van der Waals surface area contributed by atoms with E-state index in [4.69, 9.17) is 5.26 Å². The van der Waals surface area contributed by atoms with Crippen molar-refractivity contribution in [3.05, 3.63) is 0 Å². The van der Waals surface area contributed by atoms with Gasteiger partial charge in [0, 0.05) is 19.5 Å². The van der Waals surface area contributed by atoms with Crippen molar-refractivity contribution in [2.45, 2.75) is 31.9 Å². The number of hydrogen-bond acceptors (Lipinski definition) is 2. The van der Waals surface area contributed by atoms with Crippen LogP contribution in [0.2, 0.25) is 0 Å². The fourth-order valence-corrected chi connectivity index (χ4v) is 1.69. The highest BCUT2D eigenvalue weighted by Gasteiger charge is 2.29. The summed E-state index contributed by atoms with van der Waals surface area (Å²) in [5.74, 6) is 0. The summed E-state index contributed by atoms with van der Waals surface area (Å²) in [6, 6.07) is 2.08. The summed E-state index contributed by atoms with van der Waals surface area (Å²) < 4.78 is 13.4. The van der Waals surface area contributed by atoms with Crippen LogP contribution in [0.25, 0.3) is 0 Å². The van der Waals surface area contributed by atoms with Crippen molar-refractivity contribution >= 4 is 0 Å². The van der Waals surface area contributed by atoms with Crippen molar-refractivity contribution in [2.75, 3.05) is 19.6 Å². The number of nitrogens with zero attached hydrogens (tertiary/aromatic N) is 2. The summed E-state index contributed by atoms with van der Waals surface area (Å²) in [7, 11) is 0. The molecule has 1 atom stereocenters. The molecular weight excluding hydrogens is 155 g/mol. The van der Waals surface area contributed by atoms with E-state index in [0.29, 0.717) is 19.4 Å². The van der Waals surface area contributed by atoms with Crippen molar-refractivity contribution in [2.24, 2.45) is 0 Å². The van der Waals surface area contributed by atoms with Gasteiger partial charge in [-0.3, -0.25) is 4.90 Å². The summed E-state index contributed by atoms with van der Waals surface area (Å²) in [6.45, 7) is 3.80. The molecule has 0 saturated carbocycles. The predicted molar refractivity (Wildman–Crippen MR) is 45.4 cm³/mol. The number of nitriles is 1. The van der Waals surface area contributed by atoms with Gasteiger partial charge in [-0.05, 0) is 26.3 Å². The van der Waals surface area contributed by atoms with Crippen LogP contribution in [0, 0.1) is 11.3 Å². The third-order valence-electron chi connectivity index (χ3n) is 2.27. The molecule has 12 heavy (non-hydrogen) atoms. The Hall–Kier alpha value is -0.620. The van der Waals surface area contributed by atoms with Gasteiger partial charge in [-0.1, -0.05) is 0 Å². The van der Waals surface area contributed by atoms with Gasteiger partial charge < -0.3 is 0 Å². The predicted octanol–water partition coefficient (Wildman–Crippen LogP) is 1.72. The summed E-state index contributed by atoms with van der Waals surface area (Å²) in [4.78, 5) is 2.03. The van der Waals surface area contributed by atoms with Crippen molar-refractivity contribution in [1.29, 1.82) is 5.26 Å². The molecule has 1 aliphatic rings. The molecule has 0 aromatic heterocycles. The van der Waals surface area contributed by atoms with Crippen molar-refractivity contribution < 1.29 is 4.39 Å². The normalized spacial score (nSPS) is 31.4. The lowest BCUT2D eigenvalue weighted by atomic mass is 9.97. The molecule has 0 N–H and O–H groups in total. The highest BCUT2D eigenvalue weighted by Crippen LogP contribution is 2.24. The summed E-state index contributed by atoms with van der Waals surface area (Å²) in [5.41, 5.74) is -1.03. The molecule has 0 spiro atoms. The van der Waals surface area contributed by atoms with Crippen LogP contribution in [-0.4, -0.2) is 30.2 Å². The Kier molecular flexibility index (Phi) is 3.05. The SMILES string of the molecule is CC1(F)CCCN(CCC#N)C1. The van der Waals surface area contributed by atoms with Crippen molar-refractivity contribution in [3.63, 3.8) is 0 Å². The summed E-state index contributed by atoms with van der Waals surface area (Å²) >= 11 is 0. The van der Waals surface area contributed by atoms with Gasteiger partial charge in [0.1, 0.15) is 5.67 Å². The monoisotopic (exact) mass is 170 g/mol. The Morgan fingerprint density at radius 3 is 3.00 bits per heavy atom. The number of piperidine rings is 1. The molecule has 1 rings (SSSR count). The fourth-order valence-electron chi connectivity index (χ4n) is 1.69. The topological polar surface area (TPSA) is 27.0 Å². The Morgan fingerprint density at radius 2 is 2.42 bits per heavy atom. The molecule has 2 nitrogen and oxygen atoms in total. The van der Waals surface area contributed by atoms with Crippen LogP contribution in [-0.2, 0) is 0 Å². The summed E-state index contributed by atoms with van der Waals surface area (Å²) in [6.07, 6.45) is 2.09. The summed E-state index contributed by atoms with van der Waals surface area (Å²) in [5, 5.41) is 8.36. The molecule has 1 fully saturated rings. The lowest BCUT2D eigenvalue weighted by molar-refractivity contribution is 0.0619. The van der Waals surface area contributed by atoms with E-state index in [0.717, 1.165) is 19.5 Å². The Bertz CT molecular complexity index is 183. The van der Waals surface area contributed by atoms with Gasteiger partial charge in [-0.15, -0.1) is 0 Å². The number of alkyl halides is 1. The van der Waals surface area contributed by atoms with Crippen LogP contribution >= 0.6 is 0 Å². The molecule has 1 saturated heterocycles. The van der Waals surface area contributed by atoms with E-state index in [2.05, 4.69) is 6.07 Å². The second-order valence-corrected chi connectivity index (χ2v) is 3.70. The van der Waals surface area contributed by atoms with E-state index in [1.54, 1.807) is 6.92 Å². The highest BCUT2D eigenvalue weighted by molar-refractivity contribution is 4.84. The largest absolute Gasteiger partial charge is 0.299 e. The first-order chi connectivity index (χ1) is 5.64. The number of rotatable bonds is 2. The zero-order valence-corrected chi connectivity index (χ0v) is 7.52. The molecule has 0 radical (unpaired) electrons. The van der Waals surface area contributed by atoms with E-state index in [9.17, 15) is 4.39 Å².